The molecule has 1 amide bonds. The monoisotopic (exact) mass is 338 g/mol. The minimum absolute atomic E-state index is 0.169. The number of likely N-dealkylation sites (tertiary alicyclic amines) is 1. The highest BCUT2D eigenvalue weighted by molar-refractivity contribution is 7.80. The van der Waals surface area contributed by atoms with Crippen molar-refractivity contribution < 1.29 is 4.79 Å². The third kappa shape index (κ3) is 4.20. The van der Waals surface area contributed by atoms with Crippen LogP contribution in [0.2, 0.25) is 0 Å². The summed E-state index contributed by atoms with van der Waals surface area (Å²) in [5.41, 5.74) is 1.03. The maximum Gasteiger partial charge on any atom is 0.250 e. The van der Waals surface area contributed by atoms with Gasteiger partial charge in [-0.25, -0.2) is 0 Å². The Hall–Kier alpha value is -2.20. The number of thiocarbonyl (C=S) groups is 1. The van der Waals surface area contributed by atoms with E-state index in [-0.39, 0.29) is 5.91 Å². The lowest BCUT2D eigenvalue weighted by atomic mass is 10.0. The molecule has 0 bridgehead atoms. The molecule has 4 heteroatoms. The largest absolute Gasteiger partial charge is 0.349 e. The van der Waals surface area contributed by atoms with Crippen LogP contribution in [0.15, 0.2) is 48.5 Å². The number of carbonyl (C=O) groups is 1. The van der Waals surface area contributed by atoms with Gasteiger partial charge in [0.05, 0.1) is 0 Å². The molecule has 3 rings (SSSR count). The van der Waals surface area contributed by atoms with E-state index in [9.17, 15) is 4.79 Å². The van der Waals surface area contributed by atoms with Gasteiger partial charge in [0.1, 0.15) is 0 Å². The molecule has 3 nitrogen and oxygen atoms in total. The fourth-order valence-corrected chi connectivity index (χ4v) is 3.34. The highest BCUT2D eigenvalue weighted by Gasteiger charge is 2.13. The molecular weight excluding hydrogens is 316 g/mol. The molecule has 1 heterocycles. The Balaban J connectivity index is 1.65. The van der Waals surface area contributed by atoms with Crippen LogP contribution in [-0.4, -0.2) is 29.0 Å². The lowest BCUT2D eigenvalue weighted by molar-refractivity contribution is -0.115. The van der Waals surface area contributed by atoms with Crippen molar-refractivity contribution in [2.24, 2.45) is 0 Å². The van der Waals surface area contributed by atoms with Gasteiger partial charge in [0.15, 0.2) is 5.11 Å². The van der Waals surface area contributed by atoms with Gasteiger partial charge in [-0.15, -0.1) is 0 Å². The fourth-order valence-electron chi connectivity index (χ4n) is 3.06. The molecule has 1 aliphatic rings. The van der Waals surface area contributed by atoms with E-state index in [1.54, 1.807) is 6.08 Å². The molecule has 2 aromatic carbocycles. The van der Waals surface area contributed by atoms with Crippen LogP contribution in [0.3, 0.4) is 0 Å². The summed E-state index contributed by atoms with van der Waals surface area (Å²) in [6.45, 7) is 1.87. The second-order valence-corrected chi connectivity index (χ2v) is 6.48. The zero-order valence-electron chi connectivity index (χ0n) is 13.7. The molecule has 0 unspecified atom stereocenters. The molecule has 0 aliphatic carbocycles. The minimum Gasteiger partial charge on any atom is -0.349 e. The molecule has 0 atom stereocenters. The molecular formula is C20H22N2OS. The third-order valence-corrected chi connectivity index (χ3v) is 4.72. The first-order valence-electron chi connectivity index (χ1n) is 8.50. The fraction of sp³-hybridized carbons (Fsp3) is 0.300. The van der Waals surface area contributed by atoms with Gasteiger partial charge in [0.2, 0.25) is 5.91 Å². The van der Waals surface area contributed by atoms with Gasteiger partial charge in [-0.05, 0) is 47.5 Å². The summed E-state index contributed by atoms with van der Waals surface area (Å²) in [6, 6.07) is 14.2. The Morgan fingerprint density at radius 2 is 1.71 bits per heavy atom. The SMILES string of the molecule is O=C(C=Cc1cccc2ccccc12)NC(=S)N1CCCCCC1. The topological polar surface area (TPSA) is 32.3 Å². The van der Waals surface area contributed by atoms with E-state index in [0.29, 0.717) is 5.11 Å². The van der Waals surface area contributed by atoms with Gasteiger partial charge in [-0.2, -0.15) is 0 Å². The lowest BCUT2D eigenvalue weighted by Crippen LogP contribution is -2.42. The van der Waals surface area contributed by atoms with Crippen molar-refractivity contribution in [2.45, 2.75) is 25.7 Å². The molecule has 1 N–H and O–H groups in total. The van der Waals surface area contributed by atoms with Crippen LogP contribution in [-0.2, 0) is 4.79 Å². The van der Waals surface area contributed by atoms with E-state index in [4.69, 9.17) is 12.2 Å². The van der Waals surface area contributed by atoms with Gasteiger partial charge < -0.3 is 4.90 Å². The normalized spacial score (nSPS) is 15.4. The first-order valence-corrected chi connectivity index (χ1v) is 8.90. The van der Waals surface area contributed by atoms with Crippen molar-refractivity contribution in [2.75, 3.05) is 13.1 Å². The van der Waals surface area contributed by atoms with E-state index < -0.39 is 0 Å². The van der Waals surface area contributed by atoms with Gasteiger partial charge in [-0.1, -0.05) is 55.3 Å². The second-order valence-electron chi connectivity index (χ2n) is 6.10. The standard InChI is InChI=1S/C20H22N2OS/c23-19(21-20(24)22-14-5-1-2-6-15-22)13-12-17-10-7-9-16-8-3-4-11-18(16)17/h3-4,7-13H,1-2,5-6,14-15H2,(H,21,23,24). The van der Waals surface area contributed by atoms with Gasteiger partial charge in [0, 0.05) is 19.2 Å². The summed E-state index contributed by atoms with van der Waals surface area (Å²) in [5, 5.41) is 5.68. The summed E-state index contributed by atoms with van der Waals surface area (Å²) < 4.78 is 0. The van der Waals surface area contributed by atoms with E-state index in [2.05, 4.69) is 28.4 Å². The minimum atomic E-state index is -0.169. The van der Waals surface area contributed by atoms with Crippen LogP contribution in [0, 0.1) is 0 Å². The number of nitrogens with one attached hydrogen (secondary N) is 1. The van der Waals surface area contributed by atoms with Crippen LogP contribution >= 0.6 is 12.2 Å². The van der Waals surface area contributed by atoms with Crippen LogP contribution in [0.25, 0.3) is 16.8 Å². The number of hydrogen-bond donors (Lipinski definition) is 1. The summed E-state index contributed by atoms with van der Waals surface area (Å²) in [6.07, 6.45) is 8.18. The van der Waals surface area contributed by atoms with Gasteiger partial charge >= 0.3 is 0 Å². The molecule has 0 aromatic heterocycles. The highest BCUT2D eigenvalue weighted by atomic mass is 32.1. The maximum atomic E-state index is 12.2. The smallest absolute Gasteiger partial charge is 0.250 e. The molecule has 0 radical (unpaired) electrons. The summed E-state index contributed by atoms with van der Waals surface area (Å²) in [7, 11) is 0. The number of fused-ring (bicyclic) bond motifs is 1. The number of carbonyl (C=O) groups excluding carboxylic acids is 1. The number of nitrogens with zero attached hydrogens (tertiary/aromatic N) is 1. The molecule has 124 valence electrons. The average molecular weight is 338 g/mol. The third-order valence-electron chi connectivity index (χ3n) is 4.36. The van der Waals surface area contributed by atoms with Crippen LogP contribution < -0.4 is 5.32 Å². The summed E-state index contributed by atoms with van der Waals surface area (Å²) >= 11 is 5.38. The molecule has 24 heavy (non-hydrogen) atoms. The molecule has 2 aromatic rings. The predicted octanol–water partition coefficient (Wildman–Crippen LogP) is 4.13. The number of amides is 1. The van der Waals surface area contributed by atoms with E-state index in [1.165, 1.54) is 18.2 Å². The van der Waals surface area contributed by atoms with Crippen molar-refractivity contribution in [3.63, 3.8) is 0 Å². The Morgan fingerprint density at radius 3 is 2.50 bits per heavy atom. The van der Waals surface area contributed by atoms with Crippen molar-refractivity contribution in [1.82, 2.24) is 10.2 Å². The van der Waals surface area contributed by atoms with Crippen molar-refractivity contribution in [1.29, 1.82) is 0 Å². The van der Waals surface area contributed by atoms with E-state index in [1.807, 2.05) is 30.3 Å². The first kappa shape index (κ1) is 16.7. The van der Waals surface area contributed by atoms with Crippen LogP contribution in [0.1, 0.15) is 31.2 Å². The summed E-state index contributed by atoms with van der Waals surface area (Å²) in [4.78, 5) is 14.3. The van der Waals surface area contributed by atoms with Gasteiger partial charge in [0.25, 0.3) is 0 Å². The first-order chi connectivity index (χ1) is 11.7. The second kappa shape index (κ2) is 8.06. The molecule has 1 aliphatic heterocycles. The van der Waals surface area contributed by atoms with Crippen molar-refractivity contribution in [3.05, 3.63) is 54.1 Å². The van der Waals surface area contributed by atoms with Crippen LogP contribution in [0.4, 0.5) is 0 Å². The highest BCUT2D eigenvalue weighted by Crippen LogP contribution is 2.19. The van der Waals surface area contributed by atoms with E-state index >= 15 is 0 Å². The molecule has 1 fully saturated rings. The van der Waals surface area contributed by atoms with Gasteiger partial charge in [-0.3, -0.25) is 10.1 Å². The zero-order chi connectivity index (χ0) is 16.8. The number of rotatable bonds is 2. The Morgan fingerprint density at radius 1 is 1.00 bits per heavy atom. The number of hydrogen-bond acceptors (Lipinski definition) is 2. The molecule has 1 saturated heterocycles. The van der Waals surface area contributed by atoms with E-state index in [0.717, 1.165) is 36.9 Å². The molecule has 0 saturated carbocycles. The zero-order valence-corrected chi connectivity index (χ0v) is 14.5. The van der Waals surface area contributed by atoms with Crippen molar-refractivity contribution in [3.8, 4) is 0 Å². The average Bonchev–Trinajstić information content (AvgIpc) is 2.89. The summed E-state index contributed by atoms with van der Waals surface area (Å²) in [5.74, 6) is -0.169. The quantitative estimate of drug-likeness (QED) is 0.660. The predicted molar refractivity (Wildman–Crippen MR) is 104 cm³/mol. The Labute approximate surface area is 148 Å². The Kier molecular flexibility index (Phi) is 5.59. The molecule has 0 spiro atoms. The maximum absolute atomic E-state index is 12.2. The van der Waals surface area contributed by atoms with Crippen molar-refractivity contribution >= 4 is 40.1 Å². The van der Waals surface area contributed by atoms with Crippen LogP contribution in [0.5, 0.6) is 0 Å². The lowest BCUT2D eigenvalue weighted by Gasteiger charge is -2.22. The Bertz CT molecular complexity index is 756. The number of benzene rings is 2.